The van der Waals surface area contributed by atoms with Gasteiger partial charge in [0.2, 0.25) is 0 Å². The van der Waals surface area contributed by atoms with Gasteiger partial charge in [0.25, 0.3) is 0 Å². The minimum atomic E-state index is 0.998. The van der Waals surface area contributed by atoms with E-state index in [1.807, 2.05) is 13.8 Å². The molecule has 4 rings (SSSR count). The molecular weight excluding hydrogens is 268 g/mol. The van der Waals surface area contributed by atoms with Crippen molar-refractivity contribution in [3.8, 4) is 11.1 Å². The Kier molecular flexibility index (Phi) is 4.15. The summed E-state index contributed by atoms with van der Waals surface area (Å²) in [6.07, 6.45) is 6.47. The van der Waals surface area contributed by atoms with Gasteiger partial charge < -0.3 is 4.42 Å². The Morgan fingerprint density at radius 1 is 0.909 bits per heavy atom. The molecule has 0 aliphatic heterocycles. The molecule has 0 amide bonds. The highest BCUT2D eigenvalue weighted by Gasteiger charge is 2.14. The molecule has 0 N–H and O–H groups in total. The lowest BCUT2D eigenvalue weighted by Crippen LogP contribution is -1.89. The largest absolute Gasteiger partial charge is 0.456 e. The first-order chi connectivity index (χ1) is 10.8. The van der Waals surface area contributed by atoms with Crippen LogP contribution < -0.4 is 0 Å². The maximum atomic E-state index is 5.91. The van der Waals surface area contributed by atoms with Gasteiger partial charge in [-0.05, 0) is 49.1 Å². The highest BCUT2D eigenvalue weighted by molar-refractivity contribution is 5.89. The quantitative estimate of drug-likeness (QED) is 0.506. The Bertz CT molecular complexity index is 804. The summed E-state index contributed by atoms with van der Waals surface area (Å²) >= 11 is 0. The Balaban J connectivity index is 0.000000693. The van der Waals surface area contributed by atoms with Crippen molar-refractivity contribution in [3.63, 3.8) is 0 Å². The van der Waals surface area contributed by atoms with Gasteiger partial charge in [0, 0.05) is 10.9 Å². The molecule has 1 aliphatic rings. The summed E-state index contributed by atoms with van der Waals surface area (Å²) < 4.78 is 5.91. The van der Waals surface area contributed by atoms with E-state index in [1.165, 1.54) is 27.6 Å². The zero-order valence-corrected chi connectivity index (χ0v) is 13.5. The molecule has 1 aromatic heterocycles. The van der Waals surface area contributed by atoms with Crippen LogP contribution in [0.4, 0.5) is 0 Å². The normalized spacial score (nSPS) is 12.7. The van der Waals surface area contributed by atoms with Crippen molar-refractivity contribution in [2.75, 3.05) is 0 Å². The fourth-order valence-electron chi connectivity index (χ4n) is 2.90. The summed E-state index contributed by atoms with van der Waals surface area (Å²) in [6.45, 7) is 6.12. The third-order valence-electron chi connectivity index (χ3n) is 4.04. The van der Waals surface area contributed by atoms with Crippen molar-refractivity contribution in [2.45, 2.75) is 33.6 Å². The molecule has 0 saturated heterocycles. The fourth-order valence-corrected chi connectivity index (χ4v) is 2.90. The first-order valence-corrected chi connectivity index (χ1v) is 8.10. The standard InChI is InChI=1S/C19H16O.C2H6/c1-13-6-8-14(9-7-13)15-10-11-19-17(12-15)16-4-2-3-5-18(16)20-19;1-2/h3,5-12H,2,4H2,1H3;1-2H3. The molecule has 0 saturated carbocycles. The van der Waals surface area contributed by atoms with Crippen LogP contribution in [0.5, 0.6) is 0 Å². The molecule has 0 radical (unpaired) electrons. The van der Waals surface area contributed by atoms with Crippen LogP contribution in [-0.4, -0.2) is 0 Å². The van der Waals surface area contributed by atoms with E-state index in [9.17, 15) is 0 Å². The molecule has 1 aliphatic carbocycles. The van der Waals surface area contributed by atoms with E-state index in [0.717, 1.165) is 24.2 Å². The fraction of sp³-hybridized carbons (Fsp3) is 0.238. The number of fused-ring (bicyclic) bond motifs is 3. The lowest BCUT2D eigenvalue weighted by molar-refractivity contribution is 0.595. The van der Waals surface area contributed by atoms with Crippen LogP contribution in [0.15, 0.2) is 53.0 Å². The number of hydrogen-bond donors (Lipinski definition) is 0. The third kappa shape index (κ3) is 2.59. The molecule has 0 fully saturated rings. The number of benzene rings is 2. The average Bonchev–Trinajstić information content (AvgIpc) is 2.95. The lowest BCUT2D eigenvalue weighted by atomic mass is 9.97. The van der Waals surface area contributed by atoms with Gasteiger partial charge in [-0.15, -0.1) is 0 Å². The van der Waals surface area contributed by atoms with Crippen LogP contribution in [0.3, 0.4) is 0 Å². The lowest BCUT2D eigenvalue weighted by Gasteiger charge is -2.05. The topological polar surface area (TPSA) is 13.1 Å². The third-order valence-corrected chi connectivity index (χ3v) is 4.04. The smallest absolute Gasteiger partial charge is 0.135 e. The van der Waals surface area contributed by atoms with E-state index in [-0.39, 0.29) is 0 Å². The first-order valence-electron chi connectivity index (χ1n) is 8.10. The van der Waals surface area contributed by atoms with Crippen LogP contribution in [-0.2, 0) is 6.42 Å². The van der Waals surface area contributed by atoms with Crippen LogP contribution in [0.25, 0.3) is 28.2 Å². The monoisotopic (exact) mass is 290 g/mol. The highest BCUT2D eigenvalue weighted by atomic mass is 16.3. The van der Waals surface area contributed by atoms with Crippen molar-refractivity contribution in [1.29, 1.82) is 0 Å². The summed E-state index contributed by atoms with van der Waals surface area (Å²) in [5.41, 5.74) is 6.17. The average molecular weight is 290 g/mol. The van der Waals surface area contributed by atoms with Crippen molar-refractivity contribution in [1.82, 2.24) is 0 Å². The van der Waals surface area contributed by atoms with Crippen LogP contribution in [0, 0.1) is 6.92 Å². The molecule has 112 valence electrons. The predicted octanol–water partition coefficient (Wildman–Crippen LogP) is 6.39. The second kappa shape index (κ2) is 6.23. The Labute approximate surface area is 132 Å². The first kappa shape index (κ1) is 14.6. The minimum Gasteiger partial charge on any atom is -0.456 e. The number of furan rings is 1. The molecule has 1 heteroatoms. The minimum absolute atomic E-state index is 0.998. The van der Waals surface area contributed by atoms with Gasteiger partial charge in [-0.25, -0.2) is 0 Å². The summed E-state index contributed by atoms with van der Waals surface area (Å²) in [6, 6.07) is 15.2. The van der Waals surface area contributed by atoms with E-state index in [4.69, 9.17) is 4.42 Å². The summed E-state index contributed by atoms with van der Waals surface area (Å²) in [4.78, 5) is 0. The van der Waals surface area contributed by atoms with Crippen LogP contribution in [0.2, 0.25) is 0 Å². The Morgan fingerprint density at radius 2 is 1.64 bits per heavy atom. The van der Waals surface area contributed by atoms with E-state index in [1.54, 1.807) is 0 Å². The maximum Gasteiger partial charge on any atom is 0.135 e. The van der Waals surface area contributed by atoms with Gasteiger partial charge >= 0.3 is 0 Å². The number of hydrogen-bond acceptors (Lipinski definition) is 1. The van der Waals surface area contributed by atoms with E-state index in [0.29, 0.717) is 0 Å². The van der Waals surface area contributed by atoms with Crippen molar-refractivity contribution >= 4 is 17.0 Å². The molecule has 0 bridgehead atoms. The van der Waals surface area contributed by atoms with Gasteiger partial charge in [0.1, 0.15) is 11.3 Å². The predicted molar refractivity (Wildman–Crippen MR) is 95.1 cm³/mol. The highest BCUT2D eigenvalue weighted by Crippen LogP contribution is 2.33. The number of aryl methyl sites for hydroxylation is 2. The molecule has 0 atom stereocenters. The molecule has 3 aromatic rings. The molecule has 2 aromatic carbocycles. The van der Waals surface area contributed by atoms with E-state index < -0.39 is 0 Å². The van der Waals surface area contributed by atoms with Gasteiger partial charge in [0.15, 0.2) is 0 Å². The molecule has 1 nitrogen and oxygen atoms in total. The summed E-state index contributed by atoms with van der Waals surface area (Å²) in [7, 11) is 0. The number of allylic oxidation sites excluding steroid dienone is 1. The SMILES string of the molecule is CC.Cc1ccc(-c2ccc3oc4c(c3c2)CCC=C4)cc1. The van der Waals surface area contributed by atoms with Crippen LogP contribution >= 0.6 is 0 Å². The van der Waals surface area contributed by atoms with Crippen molar-refractivity contribution < 1.29 is 4.42 Å². The zero-order chi connectivity index (χ0) is 15.5. The Hall–Kier alpha value is -2.28. The summed E-state index contributed by atoms with van der Waals surface area (Å²) in [5, 5.41) is 1.27. The second-order valence-corrected chi connectivity index (χ2v) is 5.46. The van der Waals surface area contributed by atoms with E-state index >= 15 is 0 Å². The van der Waals surface area contributed by atoms with E-state index in [2.05, 4.69) is 61.5 Å². The molecule has 0 unspecified atom stereocenters. The van der Waals surface area contributed by atoms with Gasteiger partial charge in [0.05, 0.1) is 0 Å². The van der Waals surface area contributed by atoms with Crippen molar-refractivity contribution in [3.05, 3.63) is 65.4 Å². The van der Waals surface area contributed by atoms with Gasteiger partial charge in [-0.2, -0.15) is 0 Å². The summed E-state index contributed by atoms with van der Waals surface area (Å²) in [5.74, 6) is 1.03. The van der Waals surface area contributed by atoms with Crippen molar-refractivity contribution in [2.24, 2.45) is 0 Å². The zero-order valence-electron chi connectivity index (χ0n) is 13.5. The molecule has 1 heterocycles. The molecular formula is C21H22O. The van der Waals surface area contributed by atoms with Gasteiger partial charge in [-0.3, -0.25) is 0 Å². The van der Waals surface area contributed by atoms with Crippen LogP contribution in [0.1, 0.15) is 37.2 Å². The second-order valence-electron chi connectivity index (χ2n) is 5.46. The molecule has 0 spiro atoms. The maximum absolute atomic E-state index is 5.91. The van der Waals surface area contributed by atoms with Gasteiger partial charge in [-0.1, -0.05) is 55.8 Å². The number of rotatable bonds is 1. The Morgan fingerprint density at radius 3 is 2.41 bits per heavy atom. The molecule has 22 heavy (non-hydrogen) atoms.